The molecule has 1 fully saturated rings. The number of nitrogens with one attached hydrogen (secondary N) is 1. The summed E-state index contributed by atoms with van der Waals surface area (Å²) in [6.07, 6.45) is 0.358. The molecule has 1 aliphatic heterocycles. The summed E-state index contributed by atoms with van der Waals surface area (Å²) in [5, 5.41) is 2.35. The van der Waals surface area contributed by atoms with Gasteiger partial charge in [-0.15, -0.1) is 0 Å². The molecule has 1 aromatic rings. The van der Waals surface area contributed by atoms with Gasteiger partial charge in [0.1, 0.15) is 0 Å². The van der Waals surface area contributed by atoms with Crippen LogP contribution in [0.15, 0.2) is 18.2 Å². The molecule has 4 heteroatoms. The number of urea groups is 1. The van der Waals surface area contributed by atoms with E-state index < -0.39 is 0 Å². The first-order chi connectivity index (χ1) is 8.50. The summed E-state index contributed by atoms with van der Waals surface area (Å²) in [6, 6.07) is 5.64. The predicted octanol–water partition coefficient (Wildman–Crippen LogP) is 2.56. The van der Waals surface area contributed by atoms with Crippen molar-refractivity contribution in [1.82, 2.24) is 5.32 Å². The van der Waals surface area contributed by atoms with Crippen molar-refractivity contribution in [2.24, 2.45) is 0 Å². The van der Waals surface area contributed by atoms with Crippen LogP contribution < -0.4 is 10.2 Å². The molecule has 1 N–H and O–H groups in total. The number of carbonyl (C=O) groups is 2. The third-order valence-corrected chi connectivity index (χ3v) is 3.31. The third-order valence-electron chi connectivity index (χ3n) is 3.31. The summed E-state index contributed by atoms with van der Waals surface area (Å²) in [6.45, 7) is 6.74. The van der Waals surface area contributed by atoms with E-state index in [9.17, 15) is 9.59 Å². The third kappa shape index (κ3) is 2.23. The van der Waals surface area contributed by atoms with Crippen LogP contribution in [0.2, 0.25) is 0 Å². The highest BCUT2D eigenvalue weighted by atomic mass is 16.2. The molecule has 0 unspecified atom stereocenters. The van der Waals surface area contributed by atoms with Gasteiger partial charge in [-0.2, -0.15) is 0 Å². The molecule has 0 saturated carbocycles. The number of carbonyl (C=O) groups excluding carboxylic acids is 2. The van der Waals surface area contributed by atoms with Crippen LogP contribution >= 0.6 is 0 Å². The van der Waals surface area contributed by atoms with Gasteiger partial charge in [-0.25, -0.2) is 4.79 Å². The largest absolute Gasteiger partial charge is 0.328 e. The number of hydrogen-bond donors (Lipinski definition) is 1. The molecule has 0 aromatic heterocycles. The van der Waals surface area contributed by atoms with Crippen molar-refractivity contribution in [3.05, 3.63) is 29.3 Å². The molecule has 2 rings (SSSR count). The number of anilines is 1. The van der Waals surface area contributed by atoms with Crippen LogP contribution in [-0.4, -0.2) is 18.5 Å². The number of benzene rings is 1. The second-order valence-electron chi connectivity index (χ2n) is 4.90. The lowest BCUT2D eigenvalue weighted by molar-refractivity contribution is -0.120. The first-order valence-corrected chi connectivity index (χ1v) is 6.21. The van der Waals surface area contributed by atoms with Crippen LogP contribution in [0, 0.1) is 6.92 Å². The van der Waals surface area contributed by atoms with Gasteiger partial charge in [0, 0.05) is 18.7 Å². The Balaban J connectivity index is 2.36. The standard InChI is InChI=1S/C14H18N2O2/c1-9(2)11-5-4-6-12(10(11)3)16-8-7-13(17)15-14(16)18/h4-6,9H,7-8H2,1-3H3,(H,15,17,18). The van der Waals surface area contributed by atoms with Crippen LogP contribution in [0.1, 0.15) is 37.3 Å². The van der Waals surface area contributed by atoms with E-state index in [0.717, 1.165) is 11.3 Å². The molecule has 4 nitrogen and oxygen atoms in total. The molecule has 1 aliphatic rings. The summed E-state index contributed by atoms with van der Waals surface area (Å²) in [5.74, 6) is 0.216. The van der Waals surface area contributed by atoms with Gasteiger partial charge in [-0.3, -0.25) is 15.0 Å². The molecule has 3 amide bonds. The molecule has 0 radical (unpaired) electrons. The van der Waals surface area contributed by atoms with Gasteiger partial charge in [0.05, 0.1) is 0 Å². The van der Waals surface area contributed by atoms with E-state index in [1.165, 1.54) is 5.56 Å². The molecular weight excluding hydrogens is 228 g/mol. The van der Waals surface area contributed by atoms with E-state index in [2.05, 4.69) is 25.2 Å². The van der Waals surface area contributed by atoms with Gasteiger partial charge < -0.3 is 0 Å². The van der Waals surface area contributed by atoms with E-state index in [-0.39, 0.29) is 11.9 Å². The van der Waals surface area contributed by atoms with E-state index in [1.54, 1.807) is 4.90 Å². The molecule has 0 aliphatic carbocycles. The quantitative estimate of drug-likeness (QED) is 0.871. The monoisotopic (exact) mass is 246 g/mol. The zero-order valence-corrected chi connectivity index (χ0v) is 11.0. The minimum Gasteiger partial charge on any atom is -0.293 e. The maximum atomic E-state index is 11.8. The molecule has 18 heavy (non-hydrogen) atoms. The van der Waals surface area contributed by atoms with Crippen molar-refractivity contribution in [3.63, 3.8) is 0 Å². The van der Waals surface area contributed by atoms with Gasteiger partial charge >= 0.3 is 6.03 Å². The lowest BCUT2D eigenvalue weighted by Gasteiger charge is -2.29. The first-order valence-electron chi connectivity index (χ1n) is 6.21. The minimum atomic E-state index is -0.324. The fraction of sp³-hybridized carbons (Fsp3) is 0.429. The number of nitrogens with zero attached hydrogens (tertiary/aromatic N) is 1. The van der Waals surface area contributed by atoms with E-state index in [4.69, 9.17) is 0 Å². The zero-order valence-electron chi connectivity index (χ0n) is 11.0. The maximum absolute atomic E-state index is 11.8. The Kier molecular flexibility index (Phi) is 3.36. The topological polar surface area (TPSA) is 49.4 Å². The van der Waals surface area contributed by atoms with Crippen molar-refractivity contribution >= 4 is 17.6 Å². The Morgan fingerprint density at radius 3 is 2.61 bits per heavy atom. The number of hydrogen-bond acceptors (Lipinski definition) is 2. The van der Waals surface area contributed by atoms with E-state index in [0.29, 0.717) is 18.9 Å². The second kappa shape index (κ2) is 4.80. The molecule has 1 aromatic carbocycles. The predicted molar refractivity (Wildman–Crippen MR) is 70.8 cm³/mol. The summed E-state index contributed by atoms with van der Waals surface area (Å²) in [5.41, 5.74) is 3.24. The van der Waals surface area contributed by atoms with Crippen LogP contribution in [0.25, 0.3) is 0 Å². The normalized spacial score (nSPS) is 16.1. The van der Waals surface area contributed by atoms with E-state index >= 15 is 0 Å². The van der Waals surface area contributed by atoms with Crippen molar-refractivity contribution in [2.75, 3.05) is 11.4 Å². The summed E-state index contributed by atoms with van der Waals surface area (Å²) < 4.78 is 0. The average molecular weight is 246 g/mol. The Hall–Kier alpha value is -1.84. The lowest BCUT2D eigenvalue weighted by Crippen LogP contribution is -2.49. The van der Waals surface area contributed by atoms with Crippen LogP contribution in [0.3, 0.4) is 0 Å². The number of rotatable bonds is 2. The van der Waals surface area contributed by atoms with Crippen LogP contribution in [-0.2, 0) is 4.79 Å². The number of amides is 3. The summed E-state index contributed by atoms with van der Waals surface area (Å²) in [7, 11) is 0. The Morgan fingerprint density at radius 1 is 1.28 bits per heavy atom. The van der Waals surface area contributed by atoms with Gasteiger partial charge in [-0.05, 0) is 30.0 Å². The SMILES string of the molecule is Cc1c(C(C)C)cccc1N1CCC(=O)NC1=O. The highest BCUT2D eigenvalue weighted by Crippen LogP contribution is 2.28. The smallest absolute Gasteiger partial charge is 0.293 e. The fourth-order valence-corrected chi connectivity index (χ4v) is 2.35. The van der Waals surface area contributed by atoms with Gasteiger partial charge in [0.25, 0.3) is 0 Å². The highest BCUT2D eigenvalue weighted by molar-refractivity contribution is 6.05. The Morgan fingerprint density at radius 2 is 2.00 bits per heavy atom. The summed E-state index contributed by atoms with van der Waals surface area (Å²) in [4.78, 5) is 24.6. The van der Waals surface area contributed by atoms with Crippen LogP contribution in [0.5, 0.6) is 0 Å². The second-order valence-corrected chi connectivity index (χ2v) is 4.90. The van der Waals surface area contributed by atoms with Crippen molar-refractivity contribution in [1.29, 1.82) is 0 Å². The fourth-order valence-electron chi connectivity index (χ4n) is 2.35. The molecule has 96 valence electrons. The molecule has 0 atom stereocenters. The van der Waals surface area contributed by atoms with E-state index in [1.807, 2.05) is 19.1 Å². The summed E-state index contributed by atoms with van der Waals surface area (Å²) >= 11 is 0. The Bertz CT molecular complexity index is 495. The first kappa shape index (κ1) is 12.6. The molecule has 0 spiro atoms. The lowest BCUT2D eigenvalue weighted by atomic mass is 9.96. The van der Waals surface area contributed by atoms with Gasteiger partial charge in [-0.1, -0.05) is 26.0 Å². The number of imide groups is 1. The van der Waals surface area contributed by atoms with Crippen LogP contribution in [0.4, 0.5) is 10.5 Å². The zero-order chi connectivity index (χ0) is 13.3. The Labute approximate surface area is 107 Å². The van der Waals surface area contributed by atoms with Crippen molar-refractivity contribution < 1.29 is 9.59 Å². The molecular formula is C14H18N2O2. The average Bonchev–Trinajstić information content (AvgIpc) is 2.30. The van der Waals surface area contributed by atoms with Gasteiger partial charge in [0.15, 0.2) is 0 Å². The van der Waals surface area contributed by atoms with Crippen molar-refractivity contribution in [3.8, 4) is 0 Å². The highest BCUT2D eigenvalue weighted by Gasteiger charge is 2.25. The maximum Gasteiger partial charge on any atom is 0.328 e. The molecule has 1 saturated heterocycles. The van der Waals surface area contributed by atoms with Gasteiger partial charge in [0.2, 0.25) is 5.91 Å². The molecule has 0 bridgehead atoms. The minimum absolute atomic E-state index is 0.200. The molecule has 1 heterocycles. The van der Waals surface area contributed by atoms with Crippen molar-refractivity contribution in [2.45, 2.75) is 33.1 Å².